The van der Waals surface area contributed by atoms with Gasteiger partial charge in [0.2, 0.25) is 0 Å². The zero-order valence-corrected chi connectivity index (χ0v) is 17.3. The van der Waals surface area contributed by atoms with E-state index in [1.54, 1.807) is 38.1 Å². The van der Waals surface area contributed by atoms with E-state index in [4.69, 9.17) is 16.3 Å². The second-order valence-corrected chi connectivity index (χ2v) is 7.21. The van der Waals surface area contributed by atoms with Crippen molar-refractivity contribution < 1.29 is 22.7 Å². The predicted octanol–water partition coefficient (Wildman–Crippen LogP) is 5.78. The second-order valence-electron chi connectivity index (χ2n) is 6.78. The molecule has 6 nitrogen and oxygen atoms in total. The number of rotatable bonds is 6. The van der Waals surface area contributed by atoms with Crippen molar-refractivity contribution in [2.45, 2.75) is 26.1 Å². The van der Waals surface area contributed by atoms with E-state index in [1.165, 1.54) is 23.3 Å². The van der Waals surface area contributed by atoms with Crippen LogP contribution in [0.4, 0.5) is 24.5 Å². The Bertz CT molecular complexity index is 1090. The van der Waals surface area contributed by atoms with Crippen molar-refractivity contribution >= 4 is 35.1 Å². The predicted molar refractivity (Wildman–Crippen MR) is 112 cm³/mol. The first-order valence-corrected chi connectivity index (χ1v) is 9.53. The Kier molecular flexibility index (Phi) is 6.65. The highest BCUT2D eigenvalue weighted by Crippen LogP contribution is 2.35. The van der Waals surface area contributed by atoms with Crippen LogP contribution in [-0.4, -0.2) is 26.8 Å². The highest BCUT2D eigenvalue weighted by molar-refractivity contribution is 6.30. The molecule has 0 spiro atoms. The number of hydrogen-bond acceptors (Lipinski definition) is 5. The minimum absolute atomic E-state index is 0.0622. The minimum Gasteiger partial charge on any atom is -0.460 e. The Morgan fingerprint density at radius 3 is 2.52 bits per heavy atom. The first-order chi connectivity index (χ1) is 14.6. The van der Waals surface area contributed by atoms with Crippen LogP contribution in [0.3, 0.4) is 0 Å². The third kappa shape index (κ3) is 6.32. The quantitative estimate of drug-likeness (QED) is 0.380. The zero-order valence-electron chi connectivity index (χ0n) is 16.5. The van der Waals surface area contributed by atoms with E-state index >= 15 is 0 Å². The van der Waals surface area contributed by atoms with Gasteiger partial charge in [0.15, 0.2) is 5.82 Å². The first-order valence-electron chi connectivity index (χ1n) is 9.15. The van der Waals surface area contributed by atoms with Crippen molar-refractivity contribution in [1.82, 2.24) is 14.8 Å². The molecule has 0 aliphatic rings. The maximum absolute atomic E-state index is 13.4. The topological polar surface area (TPSA) is 69.0 Å². The van der Waals surface area contributed by atoms with E-state index in [9.17, 15) is 18.0 Å². The number of ether oxygens (including phenoxy) is 1. The molecule has 31 heavy (non-hydrogen) atoms. The lowest BCUT2D eigenvalue weighted by Crippen LogP contribution is -2.08. The standard InChI is InChI=1S/C21H18ClF3N4O2/c1-13(2)31-19(30)7-8-29-12-26-20(28-29)14-9-15(21(23,24)25)11-18(10-14)27-17-5-3-16(22)4-6-17/h3-13,27H,1-2H3. The Labute approximate surface area is 181 Å². The van der Waals surface area contributed by atoms with Gasteiger partial charge < -0.3 is 10.1 Å². The molecule has 1 heterocycles. The number of hydrogen-bond donors (Lipinski definition) is 1. The molecule has 0 saturated carbocycles. The summed E-state index contributed by atoms with van der Waals surface area (Å²) in [6.45, 7) is 3.42. The van der Waals surface area contributed by atoms with E-state index in [0.29, 0.717) is 10.7 Å². The van der Waals surface area contributed by atoms with Crippen molar-refractivity contribution in [3.8, 4) is 11.4 Å². The van der Waals surface area contributed by atoms with Crippen LogP contribution in [0.15, 0.2) is 54.9 Å². The van der Waals surface area contributed by atoms with Crippen LogP contribution in [0.5, 0.6) is 0 Å². The second kappa shape index (κ2) is 9.22. The molecule has 1 aromatic heterocycles. The van der Waals surface area contributed by atoms with Crippen molar-refractivity contribution in [1.29, 1.82) is 0 Å². The highest BCUT2D eigenvalue weighted by atomic mass is 35.5. The summed E-state index contributed by atoms with van der Waals surface area (Å²) in [6.07, 6.45) is -1.10. The summed E-state index contributed by atoms with van der Waals surface area (Å²) in [5.74, 6) is -0.507. The molecular weight excluding hydrogens is 433 g/mol. The monoisotopic (exact) mass is 450 g/mol. The largest absolute Gasteiger partial charge is 0.460 e. The van der Waals surface area contributed by atoms with Crippen LogP contribution in [0, 0.1) is 0 Å². The van der Waals surface area contributed by atoms with E-state index < -0.39 is 17.7 Å². The fraction of sp³-hybridized carbons (Fsp3) is 0.190. The number of alkyl halides is 3. The van der Waals surface area contributed by atoms with Gasteiger partial charge in [-0.3, -0.25) is 0 Å². The Morgan fingerprint density at radius 2 is 1.87 bits per heavy atom. The third-order valence-corrected chi connectivity index (χ3v) is 4.13. The molecule has 0 saturated heterocycles. The molecule has 0 aliphatic heterocycles. The number of nitrogens with one attached hydrogen (secondary N) is 1. The van der Waals surface area contributed by atoms with Gasteiger partial charge in [-0.25, -0.2) is 14.5 Å². The summed E-state index contributed by atoms with van der Waals surface area (Å²) in [7, 11) is 0. The SMILES string of the molecule is CC(C)OC(=O)C=Cn1cnc(-c2cc(Nc3ccc(Cl)cc3)cc(C(F)(F)F)c2)n1. The number of anilines is 2. The Balaban J connectivity index is 1.90. The number of benzene rings is 2. The first kappa shape index (κ1) is 22.4. The fourth-order valence-corrected chi connectivity index (χ4v) is 2.71. The van der Waals surface area contributed by atoms with E-state index in [0.717, 1.165) is 18.2 Å². The summed E-state index contributed by atoms with van der Waals surface area (Å²) in [5.41, 5.74) is 0.0800. The van der Waals surface area contributed by atoms with E-state index in [-0.39, 0.29) is 23.2 Å². The van der Waals surface area contributed by atoms with Crippen LogP contribution in [0.2, 0.25) is 5.02 Å². The summed E-state index contributed by atoms with van der Waals surface area (Å²) in [6, 6.07) is 10.0. The Morgan fingerprint density at radius 1 is 1.16 bits per heavy atom. The van der Waals surface area contributed by atoms with Gasteiger partial charge in [-0.1, -0.05) is 11.6 Å². The lowest BCUT2D eigenvalue weighted by Gasteiger charge is -2.13. The average Bonchev–Trinajstić information content (AvgIpc) is 3.16. The molecule has 3 rings (SSSR count). The van der Waals surface area contributed by atoms with E-state index in [2.05, 4.69) is 15.4 Å². The molecule has 0 bridgehead atoms. The van der Waals surface area contributed by atoms with Crippen LogP contribution in [-0.2, 0) is 15.7 Å². The molecule has 0 unspecified atom stereocenters. The molecule has 0 radical (unpaired) electrons. The van der Waals surface area contributed by atoms with Gasteiger partial charge in [-0.15, -0.1) is 5.10 Å². The van der Waals surface area contributed by atoms with Crippen molar-refractivity contribution in [3.05, 3.63) is 65.5 Å². The molecule has 0 amide bonds. The van der Waals surface area contributed by atoms with Gasteiger partial charge in [0.05, 0.1) is 11.7 Å². The third-order valence-electron chi connectivity index (χ3n) is 3.88. The fourth-order valence-electron chi connectivity index (χ4n) is 2.58. The summed E-state index contributed by atoms with van der Waals surface area (Å²) >= 11 is 5.85. The molecule has 0 fully saturated rings. The van der Waals surface area contributed by atoms with Gasteiger partial charge >= 0.3 is 12.1 Å². The molecule has 162 valence electrons. The van der Waals surface area contributed by atoms with Gasteiger partial charge in [0, 0.05) is 34.2 Å². The molecule has 0 atom stereocenters. The molecule has 1 N–H and O–H groups in total. The summed E-state index contributed by atoms with van der Waals surface area (Å²) in [5, 5.41) is 7.55. The van der Waals surface area contributed by atoms with Gasteiger partial charge in [0.25, 0.3) is 0 Å². The zero-order chi connectivity index (χ0) is 22.6. The Hall–Kier alpha value is -3.33. The minimum atomic E-state index is -4.56. The maximum atomic E-state index is 13.4. The average molecular weight is 451 g/mol. The van der Waals surface area contributed by atoms with Crippen molar-refractivity contribution in [2.75, 3.05) is 5.32 Å². The van der Waals surface area contributed by atoms with Crippen LogP contribution in [0.1, 0.15) is 19.4 Å². The normalized spacial score (nSPS) is 11.8. The lowest BCUT2D eigenvalue weighted by molar-refractivity contribution is -0.141. The molecule has 2 aromatic carbocycles. The molecule has 3 aromatic rings. The van der Waals surface area contributed by atoms with Crippen LogP contribution >= 0.6 is 11.6 Å². The number of esters is 1. The van der Waals surface area contributed by atoms with Crippen LogP contribution in [0.25, 0.3) is 17.6 Å². The van der Waals surface area contributed by atoms with Crippen LogP contribution < -0.4 is 5.32 Å². The van der Waals surface area contributed by atoms with Crippen molar-refractivity contribution in [2.24, 2.45) is 0 Å². The summed E-state index contributed by atoms with van der Waals surface area (Å²) < 4.78 is 46.4. The number of nitrogens with zero attached hydrogens (tertiary/aromatic N) is 3. The van der Waals surface area contributed by atoms with E-state index in [1.807, 2.05) is 0 Å². The number of carbonyl (C=O) groups is 1. The molecular formula is C21H18ClF3N4O2. The number of aromatic nitrogens is 3. The van der Waals surface area contributed by atoms with Gasteiger partial charge in [0.1, 0.15) is 6.33 Å². The maximum Gasteiger partial charge on any atom is 0.416 e. The van der Waals surface area contributed by atoms with Gasteiger partial charge in [-0.05, 0) is 56.3 Å². The molecule has 0 aliphatic carbocycles. The summed E-state index contributed by atoms with van der Waals surface area (Å²) in [4.78, 5) is 15.6. The lowest BCUT2D eigenvalue weighted by atomic mass is 10.1. The number of halogens is 4. The van der Waals surface area contributed by atoms with Gasteiger partial charge in [-0.2, -0.15) is 13.2 Å². The van der Waals surface area contributed by atoms with Crippen molar-refractivity contribution in [3.63, 3.8) is 0 Å². The smallest absolute Gasteiger partial charge is 0.416 e. The molecule has 10 heteroatoms. The highest BCUT2D eigenvalue weighted by Gasteiger charge is 2.31. The number of carbonyl (C=O) groups excluding carboxylic acids is 1.